The van der Waals surface area contributed by atoms with Gasteiger partial charge in [0.25, 0.3) is 0 Å². The molecule has 0 N–H and O–H groups in total. The average molecular weight is 310 g/mol. The molecule has 0 radical (unpaired) electrons. The first-order valence-electron chi connectivity index (χ1n) is 8.63. The molecule has 0 saturated carbocycles. The number of piperidine rings is 1. The molecule has 0 aliphatic carbocycles. The molecule has 2 aromatic rings. The minimum Gasteiger partial charge on any atom is -0.475 e. The Morgan fingerprint density at radius 3 is 2.74 bits per heavy atom. The van der Waals surface area contributed by atoms with Gasteiger partial charge < -0.3 is 4.74 Å². The molecular weight excluding hydrogens is 284 g/mol. The van der Waals surface area contributed by atoms with Gasteiger partial charge in [-0.2, -0.15) is 0 Å². The van der Waals surface area contributed by atoms with Gasteiger partial charge in [-0.1, -0.05) is 42.8 Å². The van der Waals surface area contributed by atoms with Crippen molar-refractivity contribution in [3.05, 3.63) is 59.8 Å². The Balaban J connectivity index is 1.84. The quantitative estimate of drug-likeness (QED) is 0.807. The molecule has 122 valence electrons. The molecule has 0 unspecified atom stereocenters. The van der Waals surface area contributed by atoms with Gasteiger partial charge in [-0.15, -0.1) is 0 Å². The highest BCUT2D eigenvalue weighted by Crippen LogP contribution is 2.36. The van der Waals surface area contributed by atoms with Gasteiger partial charge >= 0.3 is 0 Å². The molecule has 1 atom stereocenters. The van der Waals surface area contributed by atoms with Crippen molar-refractivity contribution in [1.82, 2.24) is 9.88 Å². The van der Waals surface area contributed by atoms with Gasteiger partial charge in [0.2, 0.25) is 5.88 Å². The normalized spacial score (nSPS) is 19.0. The Kier molecular flexibility index (Phi) is 5.29. The second kappa shape index (κ2) is 7.60. The zero-order valence-electron chi connectivity index (χ0n) is 14.1. The van der Waals surface area contributed by atoms with Crippen LogP contribution in [-0.2, 0) is 6.54 Å². The SMILES string of the molecule is CC(C)Oc1ncccc1[C@@H]1CCCCN1Cc1ccccc1. The highest BCUT2D eigenvalue weighted by atomic mass is 16.5. The average Bonchev–Trinajstić information content (AvgIpc) is 2.56. The van der Waals surface area contributed by atoms with Crippen molar-refractivity contribution in [3.63, 3.8) is 0 Å². The minimum absolute atomic E-state index is 0.148. The molecule has 1 saturated heterocycles. The summed E-state index contributed by atoms with van der Waals surface area (Å²) in [7, 11) is 0. The third-order valence-electron chi connectivity index (χ3n) is 4.35. The molecule has 0 amide bonds. The van der Waals surface area contributed by atoms with Crippen LogP contribution in [0.1, 0.15) is 50.3 Å². The maximum absolute atomic E-state index is 5.96. The Morgan fingerprint density at radius 2 is 1.96 bits per heavy atom. The number of hydrogen-bond acceptors (Lipinski definition) is 3. The molecule has 2 heterocycles. The lowest BCUT2D eigenvalue weighted by atomic mass is 9.95. The van der Waals surface area contributed by atoms with Crippen molar-refractivity contribution in [3.8, 4) is 5.88 Å². The maximum Gasteiger partial charge on any atom is 0.218 e. The van der Waals surface area contributed by atoms with Crippen molar-refractivity contribution in [2.45, 2.75) is 51.8 Å². The number of aromatic nitrogens is 1. The van der Waals surface area contributed by atoms with Crippen molar-refractivity contribution < 1.29 is 4.74 Å². The highest BCUT2D eigenvalue weighted by Gasteiger charge is 2.27. The number of likely N-dealkylation sites (tertiary alicyclic amines) is 1. The smallest absolute Gasteiger partial charge is 0.218 e. The number of ether oxygens (including phenoxy) is 1. The highest BCUT2D eigenvalue weighted by molar-refractivity contribution is 5.30. The second-order valence-electron chi connectivity index (χ2n) is 6.53. The number of pyridine rings is 1. The van der Waals surface area contributed by atoms with Crippen LogP contribution >= 0.6 is 0 Å². The van der Waals surface area contributed by atoms with Gasteiger partial charge in [0.1, 0.15) is 0 Å². The third-order valence-corrected chi connectivity index (χ3v) is 4.35. The summed E-state index contributed by atoms with van der Waals surface area (Å²) in [6.45, 7) is 6.24. The van der Waals surface area contributed by atoms with E-state index in [1.54, 1.807) is 0 Å². The first-order valence-corrected chi connectivity index (χ1v) is 8.63. The topological polar surface area (TPSA) is 25.4 Å². The van der Waals surface area contributed by atoms with E-state index in [1.807, 2.05) is 12.3 Å². The summed E-state index contributed by atoms with van der Waals surface area (Å²) in [5.41, 5.74) is 2.60. The summed E-state index contributed by atoms with van der Waals surface area (Å²) in [6, 6.07) is 15.3. The number of nitrogens with zero attached hydrogens (tertiary/aromatic N) is 2. The van der Waals surface area contributed by atoms with E-state index in [4.69, 9.17) is 4.74 Å². The van der Waals surface area contributed by atoms with Crippen molar-refractivity contribution in [2.24, 2.45) is 0 Å². The van der Waals surface area contributed by atoms with Gasteiger partial charge in [0, 0.05) is 24.3 Å². The largest absolute Gasteiger partial charge is 0.475 e. The van der Waals surface area contributed by atoms with Crippen LogP contribution in [0.4, 0.5) is 0 Å². The van der Waals surface area contributed by atoms with Crippen LogP contribution in [0, 0.1) is 0 Å². The van der Waals surface area contributed by atoms with Crippen LogP contribution in [0.5, 0.6) is 5.88 Å². The van der Waals surface area contributed by atoms with Crippen LogP contribution in [0.3, 0.4) is 0 Å². The molecule has 0 bridgehead atoms. The lowest BCUT2D eigenvalue weighted by Crippen LogP contribution is -2.33. The van der Waals surface area contributed by atoms with Gasteiger partial charge in [-0.3, -0.25) is 4.90 Å². The summed E-state index contributed by atoms with van der Waals surface area (Å²) in [6.07, 6.45) is 5.68. The van der Waals surface area contributed by atoms with E-state index in [1.165, 1.54) is 30.4 Å². The standard InChI is InChI=1S/C20H26N2O/c1-16(2)23-20-18(11-8-13-21-20)19-12-6-7-14-22(19)15-17-9-4-3-5-10-17/h3-5,8-11,13,16,19H,6-7,12,14-15H2,1-2H3/t19-/m0/s1. The Hall–Kier alpha value is -1.87. The summed E-state index contributed by atoms with van der Waals surface area (Å²) in [5.74, 6) is 0.799. The fourth-order valence-corrected chi connectivity index (χ4v) is 3.33. The van der Waals surface area contributed by atoms with E-state index in [2.05, 4.69) is 60.1 Å². The molecule has 1 aliphatic heterocycles. The van der Waals surface area contributed by atoms with Crippen molar-refractivity contribution >= 4 is 0 Å². The monoisotopic (exact) mass is 310 g/mol. The lowest BCUT2D eigenvalue weighted by Gasteiger charge is -2.36. The van der Waals surface area contributed by atoms with E-state index in [-0.39, 0.29) is 6.10 Å². The molecule has 1 aromatic carbocycles. The minimum atomic E-state index is 0.148. The number of benzene rings is 1. The molecule has 1 aromatic heterocycles. The van der Waals surface area contributed by atoms with Gasteiger partial charge in [-0.25, -0.2) is 4.98 Å². The van der Waals surface area contributed by atoms with Crippen molar-refractivity contribution in [2.75, 3.05) is 6.54 Å². The molecule has 3 rings (SSSR count). The third kappa shape index (κ3) is 4.11. The van der Waals surface area contributed by atoms with Gasteiger partial charge in [0.15, 0.2) is 0 Å². The molecule has 1 fully saturated rings. The summed E-state index contributed by atoms with van der Waals surface area (Å²) in [5, 5.41) is 0. The predicted octanol–water partition coefficient (Wildman–Crippen LogP) is 4.60. The molecule has 1 aliphatic rings. The maximum atomic E-state index is 5.96. The fraction of sp³-hybridized carbons (Fsp3) is 0.450. The van der Waals surface area contributed by atoms with Crippen LogP contribution in [-0.4, -0.2) is 22.5 Å². The Bertz CT molecular complexity index is 612. The van der Waals surface area contributed by atoms with Crippen LogP contribution in [0.15, 0.2) is 48.7 Å². The molecule has 0 spiro atoms. The Morgan fingerprint density at radius 1 is 1.13 bits per heavy atom. The van der Waals surface area contributed by atoms with E-state index >= 15 is 0 Å². The molecule has 3 nitrogen and oxygen atoms in total. The summed E-state index contributed by atoms with van der Waals surface area (Å²) < 4.78 is 5.96. The first-order chi connectivity index (χ1) is 11.2. The zero-order chi connectivity index (χ0) is 16.1. The van der Waals surface area contributed by atoms with Gasteiger partial charge in [0.05, 0.1) is 6.10 Å². The number of hydrogen-bond donors (Lipinski definition) is 0. The molecule has 3 heteroatoms. The summed E-state index contributed by atoms with van der Waals surface area (Å²) >= 11 is 0. The lowest BCUT2D eigenvalue weighted by molar-refractivity contribution is 0.133. The van der Waals surface area contributed by atoms with Gasteiger partial charge in [-0.05, 0) is 44.9 Å². The van der Waals surface area contributed by atoms with E-state index in [9.17, 15) is 0 Å². The van der Waals surface area contributed by atoms with Crippen LogP contribution < -0.4 is 4.74 Å². The first kappa shape index (κ1) is 16.0. The van der Waals surface area contributed by atoms with E-state index in [0.717, 1.165) is 19.0 Å². The zero-order valence-corrected chi connectivity index (χ0v) is 14.1. The van der Waals surface area contributed by atoms with E-state index < -0.39 is 0 Å². The van der Waals surface area contributed by atoms with E-state index in [0.29, 0.717) is 6.04 Å². The van der Waals surface area contributed by atoms with Crippen molar-refractivity contribution in [1.29, 1.82) is 0 Å². The Labute approximate surface area is 139 Å². The predicted molar refractivity (Wildman–Crippen MR) is 93.4 cm³/mol. The van der Waals surface area contributed by atoms with Crippen LogP contribution in [0.2, 0.25) is 0 Å². The second-order valence-corrected chi connectivity index (χ2v) is 6.53. The fourth-order valence-electron chi connectivity index (χ4n) is 3.33. The van der Waals surface area contributed by atoms with Crippen LogP contribution in [0.25, 0.3) is 0 Å². The summed E-state index contributed by atoms with van der Waals surface area (Å²) in [4.78, 5) is 7.06. The molecule has 23 heavy (non-hydrogen) atoms. The number of rotatable bonds is 5. The molecular formula is C20H26N2O.